The lowest BCUT2D eigenvalue weighted by Crippen LogP contribution is -2.00. The fourth-order valence-electron chi connectivity index (χ4n) is 1.49. The number of halogens is 2. The maximum absolute atomic E-state index is 5.68. The second-order valence-electron chi connectivity index (χ2n) is 3.84. The van der Waals surface area contributed by atoms with Crippen molar-refractivity contribution in [2.24, 2.45) is 5.73 Å². The van der Waals surface area contributed by atoms with Gasteiger partial charge in [-0.15, -0.1) is 0 Å². The molecular formula is C12H13Br2N3O2. The van der Waals surface area contributed by atoms with Crippen LogP contribution in [-0.2, 0) is 19.6 Å². The summed E-state index contributed by atoms with van der Waals surface area (Å²) < 4.78 is 12.4. The third kappa shape index (κ3) is 3.55. The van der Waals surface area contributed by atoms with Gasteiger partial charge in [0.2, 0.25) is 0 Å². The molecule has 5 nitrogen and oxygen atoms in total. The topological polar surface area (TPSA) is 74.2 Å². The quantitative estimate of drug-likeness (QED) is 0.848. The number of benzene rings is 1. The van der Waals surface area contributed by atoms with E-state index in [0.717, 1.165) is 20.9 Å². The molecule has 0 aliphatic rings. The summed E-state index contributed by atoms with van der Waals surface area (Å²) >= 11 is 6.91. The number of hydrogen-bond donors (Lipinski definition) is 1. The van der Waals surface area contributed by atoms with E-state index in [9.17, 15) is 0 Å². The molecule has 0 spiro atoms. The second-order valence-corrected chi connectivity index (χ2v) is 5.55. The van der Waals surface area contributed by atoms with Gasteiger partial charge in [-0.25, -0.2) is 0 Å². The lowest BCUT2D eigenvalue weighted by molar-refractivity contribution is 0.240. The van der Waals surface area contributed by atoms with Gasteiger partial charge in [0.1, 0.15) is 5.75 Å². The van der Waals surface area contributed by atoms with Gasteiger partial charge in [-0.05, 0) is 49.6 Å². The summed E-state index contributed by atoms with van der Waals surface area (Å²) in [6, 6.07) is 3.84. The molecule has 2 rings (SSSR count). The number of rotatable bonds is 5. The Bertz CT molecular complexity index is 549. The first-order chi connectivity index (χ1) is 9.13. The van der Waals surface area contributed by atoms with Gasteiger partial charge in [0.25, 0.3) is 5.89 Å². The van der Waals surface area contributed by atoms with Crippen molar-refractivity contribution < 1.29 is 9.26 Å². The van der Waals surface area contributed by atoms with Gasteiger partial charge >= 0.3 is 0 Å². The third-order valence-electron chi connectivity index (χ3n) is 2.46. The highest BCUT2D eigenvalue weighted by molar-refractivity contribution is 9.11. The predicted molar refractivity (Wildman–Crippen MR) is 77.7 cm³/mol. The van der Waals surface area contributed by atoms with Gasteiger partial charge in [-0.2, -0.15) is 4.98 Å². The van der Waals surface area contributed by atoms with Crippen LogP contribution in [0.1, 0.15) is 24.2 Å². The zero-order valence-electron chi connectivity index (χ0n) is 10.3. The molecule has 0 fully saturated rings. The van der Waals surface area contributed by atoms with Crippen molar-refractivity contribution in [2.75, 3.05) is 0 Å². The average molecular weight is 391 g/mol. The van der Waals surface area contributed by atoms with Crippen LogP contribution in [0.5, 0.6) is 5.75 Å². The van der Waals surface area contributed by atoms with Gasteiger partial charge in [0, 0.05) is 13.0 Å². The summed E-state index contributed by atoms with van der Waals surface area (Å²) in [7, 11) is 0. The highest BCUT2D eigenvalue weighted by Gasteiger charge is 2.11. The van der Waals surface area contributed by atoms with Gasteiger partial charge in [0.15, 0.2) is 12.4 Å². The van der Waals surface area contributed by atoms with E-state index in [4.69, 9.17) is 15.0 Å². The Hall–Kier alpha value is -0.920. The minimum Gasteiger partial charge on any atom is -0.481 e. The molecule has 0 radical (unpaired) electrons. The van der Waals surface area contributed by atoms with Crippen LogP contribution in [0.2, 0.25) is 0 Å². The van der Waals surface area contributed by atoms with Gasteiger partial charge in [0.05, 0.1) is 8.95 Å². The zero-order valence-corrected chi connectivity index (χ0v) is 13.5. The summed E-state index contributed by atoms with van der Waals surface area (Å²) in [6.07, 6.45) is 0.738. The molecule has 0 aliphatic carbocycles. The molecule has 1 heterocycles. The van der Waals surface area contributed by atoms with E-state index in [2.05, 4.69) is 42.0 Å². The van der Waals surface area contributed by atoms with E-state index < -0.39 is 0 Å². The predicted octanol–water partition coefficient (Wildman–Crippen LogP) is 3.19. The second kappa shape index (κ2) is 6.49. The number of aromatic nitrogens is 2. The maximum atomic E-state index is 5.68. The van der Waals surface area contributed by atoms with E-state index in [0.29, 0.717) is 24.0 Å². The molecule has 7 heteroatoms. The first-order valence-electron chi connectivity index (χ1n) is 5.76. The number of nitrogens with zero attached hydrogens (tertiary/aromatic N) is 2. The Morgan fingerprint density at radius 3 is 2.53 bits per heavy atom. The largest absolute Gasteiger partial charge is 0.481 e. The maximum Gasteiger partial charge on any atom is 0.264 e. The molecule has 2 aromatic rings. The zero-order chi connectivity index (χ0) is 13.8. The first-order valence-corrected chi connectivity index (χ1v) is 7.34. The van der Waals surface area contributed by atoms with Crippen LogP contribution in [0.25, 0.3) is 0 Å². The molecule has 2 N–H and O–H groups in total. The van der Waals surface area contributed by atoms with Crippen LogP contribution in [0, 0.1) is 0 Å². The minimum absolute atomic E-state index is 0.228. The van der Waals surface area contributed by atoms with Crippen LogP contribution in [-0.4, -0.2) is 10.1 Å². The van der Waals surface area contributed by atoms with Crippen molar-refractivity contribution in [1.29, 1.82) is 0 Å². The van der Waals surface area contributed by atoms with Crippen molar-refractivity contribution in [3.8, 4) is 5.75 Å². The normalized spacial score (nSPS) is 10.7. The SMILES string of the molecule is CCc1noc(COc2c(Br)cc(CN)cc2Br)n1. The van der Waals surface area contributed by atoms with E-state index in [1.807, 2.05) is 19.1 Å². The monoisotopic (exact) mass is 389 g/mol. The van der Waals surface area contributed by atoms with E-state index in [1.165, 1.54) is 0 Å². The average Bonchev–Trinajstić information content (AvgIpc) is 2.85. The molecule has 0 atom stereocenters. The summed E-state index contributed by atoms with van der Waals surface area (Å²) in [5, 5.41) is 3.81. The molecule has 0 aliphatic heterocycles. The highest BCUT2D eigenvalue weighted by Crippen LogP contribution is 2.35. The van der Waals surface area contributed by atoms with Crippen molar-refractivity contribution in [1.82, 2.24) is 10.1 Å². The Morgan fingerprint density at radius 2 is 2.00 bits per heavy atom. The standard InChI is InChI=1S/C12H13Br2N3O2/c1-2-10-16-11(19-17-10)6-18-12-8(13)3-7(5-15)4-9(12)14/h3-4H,2,5-6,15H2,1H3. The number of hydrogen-bond acceptors (Lipinski definition) is 5. The summed E-state index contributed by atoms with van der Waals surface area (Å²) in [5.74, 6) is 1.82. The lowest BCUT2D eigenvalue weighted by Gasteiger charge is -2.10. The lowest BCUT2D eigenvalue weighted by atomic mass is 10.2. The molecular weight excluding hydrogens is 378 g/mol. The Balaban J connectivity index is 2.11. The van der Waals surface area contributed by atoms with E-state index in [1.54, 1.807) is 0 Å². The van der Waals surface area contributed by atoms with Crippen LogP contribution in [0.3, 0.4) is 0 Å². The van der Waals surface area contributed by atoms with Crippen LogP contribution in [0.4, 0.5) is 0 Å². The van der Waals surface area contributed by atoms with Gasteiger partial charge < -0.3 is 15.0 Å². The Labute approximate surface area is 127 Å². The van der Waals surface area contributed by atoms with Crippen LogP contribution in [0.15, 0.2) is 25.6 Å². The fourth-order valence-corrected chi connectivity index (χ4v) is 3.00. The van der Waals surface area contributed by atoms with Crippen molar-refractivity contribution in [2.45, 2.75) is 26.5 Å². The summed E-state index contributed by atoms with van der Waals surface area (Å²) in [6.45, 7) is 2.67. The molecule has 0 amide bonds. The third-order valence-corrected chi connectivity index (χ3v) is 3.64. The number of ether oxygens (including phenoxy) is 1. The van der Waals surface area contributed by atoms with E-state index in [-0.39, 0.29) is 6.61 Å². The van der Waals surface area contributed by atoms with Crippen LogP contribution >= 0.6 is 31.9 Å². The number of aryl methyl sites for hydroxylation is 1. The summed E-state index contributed by atoms with van der Waals surface area (Å²) in [5.41, 5.74) is 6.62. The van der Waals surface area contributed by atoms with Crippen molar-refractivity contribution in [3.63, 3.8) is 0 Å². The number of nitrogens with two attached hydrogens (primary N) is 1. The summed E-state index contributed by atoms with van der Waals surface area (Å²) in [4.78, 5) is 4.18. The van der Waals surface area contributed by atoms with Crippen molar-refractivity contribution in [3.05, 3.63) is 38.4 Å². The first kappa shape index (κ1) is 14.5. The molecule has 0 saturated carbocycles. The van der Waals surface area contributed by atoms with Crippen LogP contribution < -0.4 is 10.5 Å². The van der Waals surface area contributed by atoms with Gasteiger partial charge in [-0.1, -0.05) is 12.1 Å². The fraction of sp³-hybridized carbons (Fsp3) is 0.333. The molecule has 19 heavy (non-hydrogen) atoms. The Morgan fingerprint density at radius 1 is 1.32 bits per heavy atom. The minimum atomic E-state index is 0.228. The smallest absolute Gasteiger partial charge is 0.264 e. The highest BCUT2D eigenvalue weighted by atomic mass is 79.9. The van der Waals surface area contributed by atoms with Gasteiger partial charge in [-0.3, -0.25) is 0 Å². The van der Waals surface area contributed by atoms with Crippen molar-refractivity contribution >= 4 is 31.9 Å². The Kier molecular flexibility index (Phi) is 4.95. The molecule has 102 valence electrons. The van der Waals surface area contributed by atoms with E-state index >= 15 is 0 Å². The molecule has 1 aromatic carbocycles. The molecule has 0 unspecified atom stereocenters. The molecule has 0 saturated heterocycles. The molecule has 1 aromatic heterocycles. The molecule has 0 bridgehead atoms.